The second-order valence-corrected chi connectivity index (χ2v) is 9.43. The summed E-state index contributed by atoms with van der Waals surface area (Å²) in [4.78, 5) is 0. The Labute approximate surface area is 164 Å². The first kappa shape index (κ1) is 18.7. The van der Waals surface area contributed by atoms with Crippen LogP contribution in [0.25, 0.3) is 0 Å². The molecule has 3 atom stereocenters. The molecule has 0 unspecified atom stereocenters. The van der Waals surface area contributed by atoms with Gasteiger partial charge >= 0.3 is 0 Å². The first-order valence-electron chi connectivity index (χ1n) is 10.6. The largest absolute Gasteiger partial charge is 0.489 e. The van der Waals surface area contributed by atoms with Gasteiger partial charge in [0.25, 0.3) is 0 Å². The molecule has 2 saturated carbocycles. The molecule has 2 heteroatoms. The first-order valence-corrected chi connectivity index (χ1v) is 10.6. The zero-order valence-corrected chi connectivity index (χ0v) is 17.4. The molecule has 1 heterocycles. The molecule has 2 nitrogen and oxygen atoms in total. The van der Waals surface area contributed by atoms with Gasteiger partial charge in [0, 0.05) is 11.5 Å². The van der Waals surface area contributed by atoms with Gasteiger partial charge in [-0.15, -0.1) is 0 Å². The minimum atomic E-state index is 0.0635. The van der Waals surface area contributed by atoms with E-state index in [1.807, 2.05) is 6.08 Å². The summed E-state index contributed by atoms with van der Waals surface area (Å²) in [6.45, 7) is 13.5. The topological polar surface area (TPSA) is 18.5 Å². The molecule has 0 bridgehead atoms. The molecule has 3 aliphatic rings. The van der Waals surface area contributed by atoms with Crippen molar-refractivity contribution in [1.29, 1.82) is 0 Å². The van der Waals surface area contributed by atoms with Crippen LogP contribution in [-0.4, -0.2) is 12.2 Å². The van der Waals surface area contributed by atoms with Crippen LogP contribution in [0.2, 0.25) is 0 Å². The lowest BCUT2D eigenvalue weighted by Crippen LogP contribution is -2.40. The molecule has 0 aromatic heterocycles. The maximum absolute atomic E-state index is 6.96. The number of benzene rings is 1. The molecule has 1 aromatic carbocycles. The Hall–Kier alpha value is -1.70. The lowest BCUT2D eigenvalue weighted by atomic mass is 9.85. The highest BCUT2D eigenvalue weighted by atomic mass is 16.5. The summed E-state index contributed by atoms with van der Waals surface area (Å²) < 4.78 is 12.9. The number of hydrogen-bond acceptors (Lipinski definition) is 2. The number of ether oxygens (including phenoxy) is 2. The van der Waals surface area contributed by atoms with Crippen LogP contribution < -0.4 is 9.47 Å². The Bertz CT molecular complexity index is 771. The van der Waals surface area contributed by atoms with E-state index < -0.39 is 0 Å². The smallest absolute Gasteiger partial charge is 0.130 e. The predicted octanol–water partition coefficient (Wildman–Crippen LogP) is 6.28. The van der Waals surface area contributed by atoms with Gasteiger partial charge in [-0.05, 0) is 75.3 Å². The minimum Gasteiger partial charge on any atom is -0.489 e. The summed E-state index contributed by atoms with van der Waals surface area (Å²) in [6, 6.07) is 4.33. The third-order valence-electron chi connectivity index (χ3n) is 7.41. The fourth-order valence-electron chi connectivity index (χ4n) is 5.65. The zero-order valence-electron chi connectivity index (χ0n) is 17.4. The van der Waals surface area contributed by atoms with Crippen LogP contribution in [0.15, 0.2) is 36.4 Å². The Morgan fingerprint density at radius 2 is 2.11 bits per heavy atom. The third-order valence-corrected chi connectivity index (χ3v) is 7.41. The Morgan fingerprint density at radius 1 is 1.30 bits per heavy atom. The van der Waals surface area contributed by atoms with Crippen LogP contribution in [-0.2, 0) is 12.8 Å². The average Bonchev–Trinajstić information content (AvgIpc) is 3.33. The summed E-state index contributed by atoms with van der Waals surface area (Å²) in [6.07, 6.45) is 11.2. The first-order chi connectivity index (χ1) is 12.9. The van der Waals surface area contributed by atoms with Gasteiger partial charge in [0.05, 0.1) is 0 Å². The summed E-state index contributed by atoms with van der Waals surface area (Å²) in [5.41, 5.74) is 4.54. The van der Waals surface area contributed by atoms with Gasteiger partial charge in [-0.1, -0.05) is 44.2 Å². The predicted molar refractivity (Wildman–Crippen MR) is 112 cm³/mol. The van der Waals surface area contributed by atoms with Crippen LogP contribution in [0, 0.1) is 17.3 Å². The molecule has 1 aromatic rings. The van der Waals surface area contributed by atoms with Gasteiger partial charge < -0.3 is 9.47 Å². The Balaban J connectivity index is 1.68. The van der Waals surface area contributed by atoms with Crippen molar-refractivity contribution in [3.63, 3.8) is 0 Å². The summed E-state index contributed by atoms with van der Waals surface area (Å²) in [7, 11) is 0. The van der Waals surface area contributed by atoms with E-state index in [9.17, 15) is 0 Å². The highest BCUT2D eigenvalue weighted by Gasteiger charge is 2.70. The second kappa shape index (κ2) is 6.72. The minimum absolute atomic E-state index is 0.0635. The Morgan fingerprint density at radius 3 is 2.74 bits per heavy atom. The molecule has 0 amide bonds. The molecule has 0 radical (unpaired) electrons. The SMILES string of the molecule is C=CCOc1ccc(CC=C(C)C)c2c1CC[C@@]1(CC[C@@]3(C(C)C)C[C@@H]13)O2. The van der Waals surface area contributed by atoms with Gasteiger partial charge in [-0.3, -0.25) is 0 Å². The van der Waals surface area contributed by atoms with E-state index in [2.05, 4.69) is 52.5 Å². The van der Waals surface area contributed by atoms with E-state index >= 15 is 0 Å². The van der Waals surface area contributed by atoms with Gasteiger partial charge in [-0.25, -0.2) is 0 Å². The fraction of sp³-hybridized carbons (Fsp3) is 0.600. The third kappa shape index (κ3) is 3.02. The van der Waals surface area contributed by atoms with E-state index in [-0.39, 0.29) is 5.60 Å². The highest BCUT2D eigenvalue weighted by Crippen LogP contribution is 2.73. The zero-order chi connectivity index (χ0) is 19.2. The molecule has 2 aliphatic carbocycles. The van der Waals surface area contributed by atoms with Gasteiger partial charge in [0.2, 0.25) is 0 Å². The van der Waals surface area contributed by atoms with Crippen molar-refractivity contribution in [3.05, 3.63) is 47.6 Å². The molecule has 146 valence electrons. The number of hydrogen-bond donors (Lipinski definition) is 0. The quantitative estimate of drug-likeness (QED) is 0.552. The standard InChI is InChI=1S/C25H34O2/c1-6-15-26-21-10-9-19(8-7-17(2)3)23-20(21)11-12-25(27-23)14-13-24(18(4)5)16-22(24)25/h6-7,9-10,18,22H,1,8,11-16H2,2-5H3/t22-,24+,25+/m1/s1. The molecule has 2 fully saturated rings. The van der Waals surface area contributed by atoms with Gasteiger partial charge in [0.1, 0.15) is 23.7 Å². The summed E-state index contributed by atoms with van der Waals surface area (Å²) >= 11 is 0. The molecule has 1 aliphatic heterocycles. The fourth-order valence-corrected chi connectivity index (χ4v) is 5.65. The normalized spacial score (nSPS) is 30.5. The van der Waals surface area contributed by atoms with Crippen LogP contribution in [0.4, 0.5) is 0 Å². The molecule has 0 saturated heterocycles. The van der Waals surface area contributed by atoms with E-state index in [0.29, 0.717) is 12.0 Å². The van der Waals surface area contributed by atoms with Crippen LogP contribution in [0.1, 0.15) is 64.5 Å². The van der Waals surface area contributed by atoms with E-state index in [1.165, 1.54) is 36.0 Å². The molecule has 0 N–H and O–H groups in total. The molecule has 27 heavy (non-hydrogen) atoms. The number of fused-ring (bicyclic) bond motifs is 3. The summed E-state index contributed by atoms with van der Waals surface area (Å²) in [5, 5.41) is 0. The number of allylic oxidation sites excluding steroid dienone is 2. The van der Waals surface area contributed by atoms with E-state index in [4.69, 9.17) is 9.47 Å². The van der Waals surface area contributed by atoms with E-state index in [0.717, 1.165) is 42.6 Å². The lowest BCUT2D eigenvalue weighted by Gasteiger charge is -2.39. The maximum Gasteiger partial charge on any atom is 0.130 e. The molecule has 1 spiro atoms. The van der Waals surface area contributed by atoms with Crippen molar-refractivity contribution in [1.82, 2.24) is 0 Å². The molecular weight excluding hydrogens is 332 g/mol. The van der Waals surface area contributed by atoms with Crippen molar-refractivity contribution in [3.8, 4) is 11.5 Å². The summed E-state index contributed by atoms with van der Waals surface area (Å²) in [5.74, 6) is 3.60. The second-order valence-electron chi connectivity index (χ2n) is 9.43. The highest BCUT2D eigenvalue weighted by molar-refractivity contribution is 5.53. The van der Waals surface area contributed by atoms with Gasteiger partial charge in [-0.2, -0.15) is 0 Å². The van der Waals surface area contributed by atoms with Crippen molar-refractivity contribution in [2.45, 2.75) is 71.8 Å². The van der Waals surface area contributed by atoms with Crippen molar-refractivity contribution in [2.24, 2.45) is 17.3 Å². The van der Waals surface area contributed by atoms with E-state index in [1.54, 1.807) is 0 Å². The van der Waals surface area contributed by atoms with Crippen LogP contribution in [0.3, 0.4) is 0 Å². The number of rotatable bonds is 6. The van der Waals surface area contributed by atoms with Gasteiger partial charge in [0.15, 0.2) is 0 Å². The van der Waals surface area contributed by atoms with Crippen LogP contribution >= 0.6 is 0 Å². The van der Waals surface area contributed by atoms with Crippen molar-refractivity contribution >= 4 is 0 Å². The lowest BCUT2D eigenvalue weighted by molar-refractivity contribution is 0.0276. The Kier molecular flexibility index (Phi) is 4.64. The maximum atomic E-state index is 6.96. The van der Waals surface area contributed by atoms with Crippen LogP contribution in [0.5, 0.6) is 11.5 Å². The average molecular weight is 367 g/mol. The molecular formula is C25H34O2. The molecule has 4 rings (SSSR count). The van der Waals surface area contributed by atoms with Crippen molar-refractivity contribution in [2.75, 3.05) is 6.61 Å². The monoisotopic (exact) mass is 366 g/mol. The van der Waals surface area contributed by atoms with Crippen molar-refractivity contribution < 1.29 is 9.47 Å².